The Bertz CT molecular complexity index is 575. The average molecular weight is 283 g/mol. The number of carboxylic acid groups (broad SMARTS) is 1. The third kappa shape index (κ3) is 1.61. The number of hydrogen-bond donors (Lipinski definition) is 1. The molecule has 0 amide bonds. The van der Waals surface area contributed by atoms with Gasteiger partial charge >= 0.3 is 5.97 Å². The molecule has 0 saturated carbocycles. The molecule has 4 nitrogen and oxygen atoms in total. The van der Waals surface area contributed by atoms with E-state index < -0.39 is 5.97 Å². The van der Waals surface area contributed by atoms with Gasteiger partial charge in [-0.3, -0.25) is 4.40 Å². The number of carboxylic acids is 1. The topological polar surface area (TPSA) is 54.6 Å². The van der Waals surface area contributed by atoms with Gasteiger partial charge in [0.05, 0.1) is 5.69 Å². The van der Waals surface area contributed by atoms with Gasteiger partial charge in [-0.1, -0.05) is 6.92 Å². The summed E-state index contributed by atoms with van der Waals surface area (Å²) in [5.74, 6) is -0.943. The van der Waals surface area contributed by atoms with E-state index >= 15 is 0 Å². The second-order valence-electron chi connectivity index (χ2n) is 3.60. The SMILES string of the molecule is CCc1nc2c(C)cc(Br)cn2c1C(=O)O. The van der Waals surface area contributed by atoms with Crippen molar-refractivity contribution in [2.24, 2.45) is 0 Å². The van der Waals surface area contributed by atoms with Crippen molar-refractivity contribution in [2.45, 2.75) is 20.3 Å². The second kappa shape index (κ2) is 3.90. The first-order chi connectivity index (χ1) is 7.54. The molecule has 16 heavy (non-hydrogen) atoms. The minimum atomic E-state index is -0.943. The van der Waals surface area contributed by atoms with Crippen LogP contribution in [-0.4, -0.2) is 20.5 Å². The van der Waals surface area contributed by atoms with Crippen LogP contribution in [0.3, 0.4) is 0 Å². The first-order valence-corrected chi connectivity index (χ1v) is 5.74. The molecule has 0 aliphatic heterocycles. The summed E-state index contributed by atoms with van der Waals surface area (Å²) in [4.78, 5) is 15.6. The number of aryl methyl sites for hydroxylation is 2. The van der Waals surface area contributed by atoms with E-state index in [2.05, 4.69) is 20.9 Å². The van der Waals surface area contributed by atoms with Gasteiger partial charge in [-0.15, -0.1) is 0 Å². The molecule has 84 valence electrons. The van der Waals surface area contributed by atoms with Gasteiger partial charge in [0, 0.05) is 10.7 Å². The molecular formula is C11H11BrN2O2. The lowest BCUT2D eigenvalue weighted by Gasteiger charge is -2.01. The van der Waals surface area contributed by atoms with Crippen LogP contribution in [0.2, 0.25) is 0 Å². The fourth-order valence-corrected chi connectivity index (χ4v) is 2.34. The third-order valence-corrected chi connectivity index (χ3v) is 2.91. The molecule has 0 fully saturated rings. The molecule has 2 aromatic rings. The Morgan fingerprint density at radius 2 is 2.31 bits per heavy atom. The first kappa shape index (κ1) is 11.1. The highest BCUT2D eigenvalue weighted by atomic mass is 79.9. The molecule has 0 atom stereocenters. The molecule has 2 heterocycles. The predicted octanol–water partition coefficient (Wildman–Crippen LogP) is 2.67. The molecule has 0 spiro atoms. The van der Waals surface area contributed by atoms with Crippen molar-refractivity contribution >= 4 is 27.5 Å². The highest BCUT2D eigenvalue weighted by molar-refractivity contribution is 9.10. The van der Waals surface area contributed by atoms with Crippen LogP contribution in [0.5, 0.6) is 0 Å². The maximum absolute atomic E-state index is 11.2. The number of aromatic nitrogens is 2. The lowest BCUT2D eigenvalue weighted by Crippen LogP contribution is -2.05. The van der Waals surface area contributed by atoms with Crippen molar-refractivity contribution in [2.75, 3.05) is 0 Å². The molecule has 0 aromatic carbocycles. The lowest BCUT2D eigenvalue weighted by molar-refractivity contribution is 0.0688. The minimum absolute atomic E-state index is 0.252. The van der Waals surface area contributed by atoms with Crippen LogP contribution in [0.4, 0.5) is 0 Å². The molecule has 0 radical (unpaired) electrons. The van der Waals surface area contributed by atoms with Crippen molar-refractivity contribution in [3.8, 4) is 0 Å². The van der Waals surface area contributed by atoms with Crippen molar-refractivity contribution in [1.82, 2.24) is 9.38 Å². The summed E-state index contributed by atoms with van der Waals surface area (Å²) in [5, 5.41) is 9.19. The van der Waals surface area contributed by atoms with Crippen LogP contribution >= 0.6 is 15.9 Å². The van der Waals surface area contributed by atoms with Crippen molar-refractivity contribution < 1.29 is 9.90 Å². The van der Waals surface area contributed by atoms with E-state index in [4.69, 9.17) is 0 Å². The monoisotopic (exact) mass is 282 g/mol. The number of rotatable bonds is 2. The van der Waals surface area contributed by atoms with Crippen molar-refractivity contribution in [3.63, 3.8) is 0 Å². The van der Waals surface area contributed by atoms with Gasteiger partial charge < -0.3 is 5.11 Å². The lowest BCUT2D eigenvalue weighted by atomic mass is 10.2. The molecular weight excluding hydrogens is 272 g/mol. The van der Waals surface area contributed by atoms with E-state index in [0.717, 1.165) is 10.0 Å². The Balaban J connectivity index is 2.89. The summed E-state index contributed by atoms with van der Waals surface area (Å²) in [7, 11) is 0. The Hall–Kier alpha value is -1.36. The van der Waals surface area contributed by atoms with Gasteiger partial charge in [-0.2, -0.15) is 0 Å². The smallest absolute Gasteiger partial charge is 0.354 e. The average Bonchev–Trinajstić information content (AvgIpc) is 2.56. The molecule has 0 bridgehead atoms. The predicted molar refractivity (Wildman–Crippen MR) is 64.0 cm³/mol. The molecule has 1 N–H and O–H groups in total. The molecule has 0 aliphatic carbocycles. The zero-order chi connectivity index (χ0) is 11.9. The third-order valence-electron chi connectivity index (χ3n) is 2.48. The maximum atomic E-state index is 11.2. The normalized spacial score (nSPS) is 10.9. The Morgan fingerprint density at radius 1 is 1.62 bits per heavy atom. The van der Waals surface area contributed by atoms with Gasteiger partial charge in [0.15, 0.2) is 5.69 Å². The summed E-state index contributed by atoms with van der Waals surface area (Å²) in [6, 6.07) is 1.92. The number of hydrogen-bond acceptors (Lipinski definition) is 2. The number of halogens is 1. The molecule has 0 aliphatic rings. The summed E-state index contributed by atoms with van der Waals surface area (Å²) in [6.07, 6.45) is 2.35. The largest absolute Gasteiger partial charge is 0.477 e. The van der Waals surface area contributed by atoms with E-state index in [1.807, 2.05) is 19.9 Å². The molecule has 2 aromatic heterocycles. The first-order valence-electron chi connectivity index (χ1n) is 4.95. The standard InChI is InChI=1S/C11H11BrN2O2/c1-3-8-9(11(15)16)14-5-7(12)4-6(2)10(14)13-8/h4-5H,3H2,1-2H3,(H,15,16). The Kier molecular flexibility index (Phi) is 2.71. The number of pyridine rings is 1. The quantitative estimate of drug-likeness (QED) is 0.921. The summed E-state index contributed by atoms with van der Waals surface area (Å²) in [5.41, 5.74) is 2.53. The number of aromatic carboxylic acids is 1. The van der Waals surface area contributed by atoms with Crippen LogP contribution in [0.1, 0.15) is 28.7 Å². The maximum Gasteiger partial charge on any atom is 0.354 e. The highest BCUT2D eigenvalue weighted by Crippen LogP contribution is 2.21. The van der Waals surface area contributed by atoms with Gasteiger partial charge in [0.25, 0.3) is 0 Å². The Labute approximate surface area is 101 Å². The van der Waals surface area contributed by atoms with E-state index in [-0.39, 0.29) is 5.69 Å². The Morgan fingerprint density at radius 3 is 2.88 bits per heavy atom. The van der Waals surface area contributed by atoms with Gasteiger partial charge in [0.1, 0.15) is 5.65 Å². The summed E-state index contributed by atoms with van der Waals surface area (Å²) >= 11 is 3.36. The van der Waals surface area contributed by atoms with Crippen LogP contribution in [0.15, 0.2) is 16.7 Å². The van der Waals surface area contributed by atoms with Crippen LogP contribution in [-0.2, 0) is 6.42 Å². The number of imidazole rings is 1. The van der Waals surface area contributed by atoms with Crippen LogP contribution in [0, 0.1) is 6.92 Å². The van der Waals surface area contributed by atoms with E-state index in [9.17, 15) is 9.90 Å². The highest BCUT2D eigenvalue weighted by Gasteiger charge is 2.18. The van der Waals surface area contributed by atoms with Crippen LogP contribution < -0.4 is 0 Å². The van der Waals surface area contributed by atoms with E-state index in [1.54, 1.807) is 10.6 Å². The zero-order valence-electron chi connectivity index (χ0n) is 8.99. The van der Waals surface area contributed by atoms with Crippen molar-refractivity contribution in [1.29, 1.82) is 0 Å². The molecule has 0 unspecified atom stereocenters. The van der Waals surface area contributed by atoms with Crippen molar-refractivity contribution in [3.05, 3.63) is 33.7 Å². The van der Waals surface area contributed by atoms with E-state index in [1.165, 1.54) is 0 Å². The van der Waals surface area contributed by atoms with Gasteiger partial charge in [-0.05, 0) is 40.9 Å². The number of nitrogens with zero attached hydrogens (tertiary/aromatic N) is 2. The van der Waals surface area contributed by atoms with Gasteiger partial charge in [0.2, 0.25) is 0 Å². The number of carbonyl (C=O) groups is 1. The van der Waals surface area contributed by atoms with Gasteiger partial charge in [-0.25, -0.2) is 9.78 Å². The summed E-state index contributed by atoms with van der Waals surface area (Å²) in [6.45, 7) is 3.82. The fraction of sp³-hybridized carbons (Fsp3) is 0.273. The number of fused-ring (bicyclic) bond motifs is 1. The summed E-state index contributed by atoms with van der Waals surface area (Å²) < 4.78 is 2.47. The molecule has 0 saturated heterocycles. The minimum Gasteiger partial charge on any atom is -0.477 e. The fourth-order valence-electron chi connectivity index (χ4n) is 1.79. The van der Waals surface area contributed by atoms with Crippen LogP contribution in [0.25, 0.3) is 5.65 Å². The zero-order valence-corrected chi connectivity index (χ0v) is 10.6. The van der Waals surface area contributed by atoms with E-state index in [0.29, 0.717) is 17.8 Å². The molecule has 5 heteroatoms. The molecule has 2 rings (SSSR count). The second-order valence-corrected chi connectivity index (χ2v) is 4.52.